The van der Waals surface area contributed by atoms with Crippen LogP contribution >= 0.6 is 0 Å². The number of rotatable bonds is 1. The van der Waals surface area contributed by atoms with Gasteiger partial charge in [-0.1, -0.05) is 18.2 Å². The average Bonchev–Trinajstić information content (AvgIpc) is 2.16. The summed E-state index contributed by atoms with van der Waals surface area (Å²) in [4.78, 5) is 13.8. The van der Waals surface area contributed by atoms with Gasteiger partial charge in [-0.05, 0) is 6.07 Å². The van der Waals surface area contributed by atoms with Gasteiger partial charge < -0.3 is 10.4 Å². The topological polar surface area (TPSA) is 70.9 Å². The maximum absolute atomic E-state index is 11.1. The average molecular weight is 175 g/mol. The lowest BCUT2D eigenvalue weighted by Crippen LogP contribution is -2.12. The van der Waals surface area contributed by atoms with E-state index in [4.69, 9.17) is 5.84 Å². The lowest BCUT2D eigenvalue weighted by atomic mass is 10.2. The number of pyridine rings is 1. The Labute approximate surface area is 74.4 Å². The van der Waals surface area contributed by atoms with Gasteiger partial charge in [0.2, 0.25) is 0 Å². The van der Waals surface area contributed by atoms with Gasteiger partial charge in [0.25, 0.3) is 5.56 Å². The number of para-hydroxylation sites is 1. The maximum Gasteiger partial charge on any atom is 0.250 e. The van der Waals surface area contributed by atoms with Gasteiger partial charge in [-0.25, -0.2) is 0 Å². The summed E-state index contributed by atoms with van der Waals surface area (Å²) in [6.07, 6.45) is 0. The molecule has 0 fully saturated rings. The molecule has 0 radical (unpaired) electrons. The van der Waals surface area contributed by atoms with E-state index in [1.54, 1.807) is 0 Å². The first kappa shape index (κ1) is 7.82. The molecule has 4 N–H and O–H groups in total. The van der Waals surface area contributed by atoms with Crippen LogP contribution in [-0.4, -0.2) is 4.98 Å². The fourth-order valence-corrected chi connectivity index (χ4v) is 1.32. The molecule has 1 heterocycles. The molecule has 1 aromatic heterocycles. The number of anilines is 1. The molecule has 4 heteroatoms. The Balaban J connectivity index is 2.89. The Hall–Kier alpha value is -1.81. The van der Waals surface area contributed by atoms with Crippen LogP contribution in [0.1, 0.15) is 0 Å². The Bertz CT molecular complexity index is 489. The van der Waals surface area contributed by atoms with Crippen LogP contribution in [0.2, 0.25) is 0 Å². The Morgan fingerprint density at radius 1 is 1.31 bits per heavy atom. The monoisotopic (exact) mass is 175 g/mol. The van der Waals surface area contributed by atoms with Gasteiger partial charge in [-0.3, -0.25) is 10.6 Å². The first-order valence-corrected chi connectivity index (χ1v) is 3.90. The van der Waals surface area contributed by atoms with Gasteiger partial charge in [0.05, 0.1) is 11.2 Å². The molecule has 0 spiro atoms. The van der Waals surface area contributed by atoms with Crippen LogP contribution in [-0.2, 0) is 0 Å². The zero-order valence-corrected chi connectivity index (χ0v) is 6.87. The zero-order valence-electron chi connectivity index (χ0n) is 6.87. The highest BCUT2D eigenvalue weighted by atomic mass is 16.1. The van der Waals surface area contributed by atoms with Crippen molar-refractivity contribution in [1.29, 1.82) is 0 Å². The Morgan fingerprint density at radius 2 is 2.08 bits per heavy atom. The van der Waals surface area contributed by atoms with Gasteiger partial charge in [0.15, 0.2) is 0 Å². The third kappa shape index (κ3) is 1.27. The molecule has 4 nitrogen and oxygen atoms in total. The van der Waals surface area contributed by atoms with Crippen molar-refractivity contribution in [1.82, 2.24) is 4.98 Å². The predicted octanol–water partition coefficient (Wildman–Crippen LogP) is 0.814. The zero-order chi connectivity index (χ0) is 9.26. The number of nitrogens with one attached hydrogen (secondary N) is 2. The molecule has 0 atom stereocenters. The van der Waals surface area contributed by atoms with E-state index in [1.807, 2.05) is 24.3 Å². The number of hydrogen-bond donors (Lipinski definition) is 3. The summed E-state index contributed by atoms with van der Waals surface area (Å²) in [5.74, 6) is 5.28. The van der Waals surface area contributed by atoms with Crippen molar-refractivity contribution in [2.45, 2.75) is 0 Å². The summed E-state index contributed by atoms with van der Waals surface area (Å²) in [6, 6.07) is 8.90. The maximum atomic E-state index is 11.1. The van der Waals surface area contributed by atoms with Crippen LogP contribution in [0.15, 0.2) is 35.1 Å². The molecule has 0 bridgehead atoms. The summed E-state index contributed by atoms with van der Waals surface area (Å²) in [7, 11) is 0. The smallest absolute Gasteiger partial charge is 0.250 e. The fraction of sp³-hybridized carbons (Fsp3) is 0. The SMILES string of the molecule is NNc1cc(=O)[nH]c2ccccc12. The Morgan fingerprint density at radius 3 is 2.85 bits per heavy atom. The van der Waals surface area contributed by atoms with Crippen LogP contribution in [0, 0.1) is 0 Å². The van der Waals surface area contributed by atoms with Crippen LogP contribution in [0.3, 0.4) is 0 Å². The third-order valence-corrected chi connectivity index (χ3v) is 1.91. The van der Waals surface area contributed by atoms with Crippen LogP contribution in [0.25, 0.3) is 10.9 Å². The second-order valence-corrected chi connectivity index (χ2v) is 2.74. The van der Waals surface area contributed by atoms with E-state index in [-0.39, 0.29) is 5.56 Å². The van der Waals surface area contributed by atoms with Gasteiger partial charge in [0, 0.05) is 11.5 Å². The minimum atomic E-state index is -0.161. The molecule has 66 valence electrons. The van der Waals surface area contributed by atoms with E-state index >= 15 is 0 Å². The minimum absolute atomic E-state index is 0.161. The van der Waals surface area contributed by atoms with Crippen molar-refractivity contribution >= 4 is 16.6 Å². The van der Waals surface area contributed by atoms with E-state index in [0.717, 1.165) is 10.9 Å². The third-order valence-electron chi connectivity index (χ3n) is 1.91. The number of nitrogen functional groups attached to an aromatic ring is 1. The number of hydrogen-bond acceptors (Lipinski definition) is 3. The van der Waals surface area contributed by atoms with Crippen molar-refractivity contribution in [2.24, 2.45) is 5.84 Å². The number of H-pyrrole nitrogens is 1. The minimum Gasteiger partial charge on any atom is -0.323 e. The number of nitrogens with two attached hydrogens (primary N) is 1. The highest BCUT2D eigenvalue weighted by molar-refractivity contribution is 5.90. The molecule has 0 saturated heterocycles. The van der Waals surface area contributed by atoms with E-state index < -0.39 is 0 Å². The molecule has 1 aromatic carbocycles. The largest absolute Gasteiger partial charge is 0.323 e. The standard InChI is InChI=1S/C9H9N3O/c10-12-8-5-9(13)11-7-4-2-1-3-6(7)8/h1-5H,10H2,(H2,11,12,13). The molecule has 13 heavy (non-hydrogen) atoms. The van der Waals surface area contributed by atoms with E-state index in [2.05, 4.69) is 10.4 Å². The molecule has 0 unspecified atom stereocenters. The summed E-state index contributed by atoms with van der Waals surface area (Å²) >= 11 is 0. The molecule has 0 amide bonds. The van der Waals surface area contributed by atoms with E-state index in [9.17, 15) is 4.79 Å². The molecular formula is C9H9N3O. The number of benzene rings is 1. The van der Waals surface area contributed by atoms with Crippen molar-refractivity contribution in [3.8, 4) is 0 Å². The van der Waals surface area contributed by atoms with Gasteiger partial charge in [-0.2, -0.15) is 0 Å². The van der Waals surface area contributed by atoms with Crippen LogP contribution in [0.4, 0.5) is 5.69 Å². The van der Waals surface area contributed by atoms with Gasteiger partial charge in [0.1, 0.15) is 0 Å². The molecule has 0 aliphatic carbocycles. The number of aromatic nitrogens is 1. The molecule has 2 aromatic rings. The van der Waals surface area contributed by atoms with E-state index in [1.165, 1.54) is 6.07 Å². The first-order valence-electron chi connectivity index (χ1n) is 3.90. The molecular weight excluding hydrogens is 166 g/mol. The highest BCUT2D eigenvalue weighted by Crippen LogP contribution is 2.17. The molecule has 0 aliphatic rings. The van der Waals surface area contributed by atoms with Crippen molar-refractivity contribution in [3.05, 3.63) is 40.7 Å². The quantitative estimate of drug-likeness (QED) is 0.443. The van der Waals surface area contributed by atoms with Crippen molar-refractivity contribution < 1.29 is 0 Å². The second-order valence-electron chi connectivity index (χ2n) is 2.74. The Kier molecular flexibility index (Phi) is 1.75. The number of aromatic amines is 1. The second kappa shape index (κ2) is 2.91. The fourth-order valence-electron chi connectivity index (χ4n) is 1.32. The van der Waals surface area contributed by atoms with Gasteiger partial charge >= 0.3 is 0 Å². The number of fused-ring (bicyclic) bond motifs is 1. The van der Waals surface area contributed by atoms with Gasteiger partial charge in [-0.15, -0.1) is 0 Å². The number of hydrazine groups is 1. The van der Waals surface area contributed by atoms with Crippen LogP contribution in [0.5, 0.6) is 0 Å². The van der Waals surface area contributed by atoms with Crippen molar-refractivity contribution in [3.63, 3.8) is 0 Å². The predicted molar refractivity (Wildman–Crippen MR) is 52.4 cm³/mol. The normalized spacial score (nSPS) is 10.2. The van der Waals surface area contributed by atoms with E-state index in [0.29, 0.717) is 5.69 Å². The lowest BCUT2D eigenvalue weighted by molar-refractivity contribution is 1.28. The van der Waals surface area contributed by atoms with Crippen molar-refractivity contribution in [2.75, 3.05) is 5.43 Å². The summed E-state index contributed by atoms with van der Waals surface area (Å²) in [5, 5.41) is 0.907. The van der Waals surface area contributed by atoms with Crippen LogP contribution < -0.4 is 16.8 Å². The summed E-state index contributed by atoms with van der Waals surface area (Å²) in [6.45, 7) is 0. The highest BCUT2D eigenvalue weighted by Gasteiger charge is 1.99. The molecule has 2 rings (SSSR count). The summed E-state index contributed by atoms with van der Waals surface area (Å²) in [5.41, 5.74) is 3.75. The summed E-state index contributed by atoms with van der Waals surface area (Å²) < 4.78 is 0. The lowest BCUT2D eigenvalue weighted by Gasteiger charge is -2.03. The molecule has 0 aliphatic heterocycles. The first-order chi connectivity index (χ1) is 6.31. The molecule has 0 saturated carbocycles.